The lowest BCUT2D eigenvalue weighted by Crippen LogP contribution is -2.41. The van der Waals surface area contributed by atoms with E-state index in [4.69, 9.17) is 0 Å². The molecule has 1 aromatic rings. The summed E-state index contributed by atoms with van der Waals surface area (Å²) < 4.78 is 37.2. The van der Waals surface area contributed by atoms with Crippen molar-refractivity contribution in [2.24, 2.45) is 0 Å². The summed E-state index contributed by atoms with van der Waals surface area (Å²) in [5, 5.41) is 0. The second-order valence-electron chi connectivity index (χ2n) is 4.15. The zero-order chi connectivity index (χ0) is 12.5. The predicted octanol–water partition coefficient (Wildman–Crippen LogP) is 2.74. The zero-order valence-electron chi connectivity index (χ0n) is 9.07. The molecule has 1 amide bonds. The van der Waals surface area contributed by atoms with Gasteiger partial charge in [0.2, 0.25) is 0 Å². The largest absolute Gasteiger partial charge is 0.471 e. The van der Waals surface area contributed by atoms with E-state index < -0.39 is 12.1 Å². The predicted molar refractivity (Wildman–Crippen MR) is 56.1 cm³/mol. The maximum atomic E-state index is 12.4. The molecule has 0 atom stereocenters. The molecule has 1 aliphatic carbocycles. The molecule has 0 N–H and O–H groups in total. The molecule has 2 rings (SSSR count). The number of rotatable bonds is 3. The highest BCUT2D eigenvalue weighted by molar-refractivity contribution is 5.82. The van der Waals surface area contributed by atoms with E-state index in [-0.39, 0.29) is 12.6 Å². The van der Waals surface area contributed by atoms with Crippen LogP contribution in [-0.2, 0) is 11.3 Å². The van der Waals surface area contributed by atoms with E-state index >= 15 is 0 Å². The van der Waals surface area contributed by atoms with Crippen molar-refractivity contribution in [1.82, 2.24) is 4.90 Å². The Bertz CT molecular complexity index is 398. The minimum absolute atomic E-state index is 0.0316. The van der Waals surface area contributed by atoms with Crippen LogP contribution in [0.5, 0.6) is 0 Å². The molecule has 0 bridgehead atoms. The number of carbonyl (C=O) groups excluding carboxylic acids is 1. The Balaban J connectivity index is 2.11. The first-order chi connectivity index (χ1) is 7.98. The summed E-state index contributed by atoms with van der Waals surface area (Å²) in [7, 11) is 0. The third-order valence-corrected chi connectivity index (χ3v) is 2.69. The lowest BCUT2D eigenvalue weighted by molar-refractivity contribution is -0.186. The van der Waals surface area contributed by atoms with Gasteiger partial charge < -0.3 is 4.90 Å². The molecule has 1 saturated carbocycles. The van der Waals surface area contributed by atoms with Crippen LogP contribution in [0, 0.1) is 0 Å². The number of benzene rings is 1. The molecular weight excluding hydrogens is 231 g/mol. The fourth-order valence-electron chi connectivity index (χ4n) is 1.70. The average molecular weight is 243 g/mol. The third kappa shape index (κ3) is 2.99. The van der Waals surface area contributed by atoms with Crippen LogP contribution in [0.25, 0.3) is 0 Å². The van der Waals surface area contributed by atoms with E-state index in [1.165, 1.54) is 0 Å². The van der Waals surface area contributed by atoms with Gasteiger partial charge in [0.25, 0.3) is 0 Å². The lowest BCUT2D eigenvalue weighted by atomic mass is 10.2. The number of nitrogens with zero attached hydrogens (tertiary/aromatic N) is 1. The van der Waals surface area contributed by atoms with E-state index in [1.807, 2.05) is 0 Å². The van der Waals surface area contributed by atoms with Gasteiger partial charge in [0, 0.05) is 12.6 Å². The summed E-state index contributed by atoms with van der Waals surface area (Å²) in [5.74, 6) is -1.73. The van der Waals surface area contributed by atoms with E-state index in [2.05, 4.69) is 0 Å². The van der Waals surface area contributed by atoms with Crippen LogP contribution >= 0.6 is 0 Å². The van der Waals surface area contributed by atoms with Gasteiger partial charge in [-0.3, -0.25) is 4.79 Å². The molecule has 1 aromatic carbocycles. The molecule has 5 heteroatoms. The van der Waals surface area contributed by atoms with Crippen LogP contribution in [0.2, 0.25) is 0 Å². The topological polar surface area (TPSA) is 20.3 Å². The normalized spacial score (nSPS) is 15.7. The zero-order valence-corrected chi connectivity index (χ0v) is 9.07. The summed E-state index contributed by atoms with van der Waals surface area (Å²) >= 11 is 0. The Hall–Kier alpha value is -1.52. The second-order valence-corrected chi connectivity index (χ2v) is 4.15. The Morgan fingerprint density at radius 2 is 1.82 bits per heavy atom. The minimum Gasteiger partial charge on any atom is -0.328 e. The molecule has 2 nitrogen and oxygen atoms in total. The highest BCUT2D eigenvalue weighted by Gasteiger charge is 2.46. The highest BCUT2D eigenvalue weighted by Crippen LogP contribution is 2.32. The van der Waals surface area contributed by atoms with E-state index in [0.29, 0.717) is 12.8 Å². The molecule has 0 aliphatic heterocycles. The first kappa shape index (κ1) is 12.0. The quantitative estimate of drug-likeness (QED) is 0.799. The molecule has 0 spiro atoms. The summed E-state index contributed by atoms with van der Waals surface area (Å²) in [4.78, 5) is 12.2. The van der Waals surface area contributed by atoms with Crippen molar-refractivity contribution >= 4 is 5.91 Å². The van der Waals surface area contributed by atoms with Crippen LogP contribution in [0.1, 0.15) is 18.4 Å². The number of alkyl halides is 3. The van der Waals surface area contributed by atoms with Gasteiger partial charge >= 0.3 is 12.1 Å². The Morgan fingerprint density at radius 3 is 2.29 bits per heavy atom. The third-order valence-electron chi connectivity index (χ3n) is 2.69. The first-order valence-corrected chi connectivity index (χ1v) is 5.40. The molecule has 0 radical (unpaired) electrons. The molecule has 1 aliphatic rings. The molecule has 0 unspecified atom stereocenters. The SMILES string of the molecule is O=C(N(Cc1ccccc1)C1CC1)C(F)(F)F. The second kappa shape index (κ2) is 4.39. The van der Waals surface area contributed by atoms with Crippen molar-refractivity contribution in [2.75, 3.05) is 0 Å². The number of carbonyl (C=O) groups is 1. The molecular formula is C12H12F3NO. The first-order valence-electron chi connectivity index (χ1n) is 5.40. The van der Waals surface area contributed by atoms with Gasteiger partial charge in [-0.25, -0.2) is 0 Å². The van der Waals surface area contributed by atoms with Crippen LogP contribution in [0.4, 0.5) is 13.2 Å². The van der Waals surface area contributed by atoms with E-state index in [9.17, 15) is 18.0 Å². The van der Waals surface area contributed by atoms with Crippen LogP contribution in [-0.4, -0.2) is 23.0 Å². The van der Waals surface area contributed by atoms with Crippen molar-refractivity contribution in [1.29, 1.82) is 0 Å². The Morgan fingerprint density at radius 1 is 1.24 bits per heavy atom. The maximum Gasteiger partial charge on any atom is 0.471 e. The highest BCUT2D eigenvalue weighted by atomic mass is 19.4. The van der Waals surface area contributed by atoms with Crippen molar-refractivity contribution in [3.05, 3.63) is 35.9 Å². The number of hydrogen-bond donors (Lipinski definition) is 0. The summed E-state index contributed by atoms with van der Waals surface area (Å²) in [6, 6.07) is 8.48. The number of halogens is 3. The van der Waals surface area contributed by atoms with Crippen molar-refractivity contribution in [2.45, 2.75) is 31.6 Å². The fraction of sp³-hybridized carbons (Fsp3) is 0.417. The van der Waals surface area contributed by atoms with Gasteiger partial charge in [0.05, 0.1) is 0 Å². The Kier molecular flexibility index (Phi) is 3.09. The fourth-order valence-corrected chi connectivity index (χ4v) is 1.70. The molecule has 0 heterocycles. The molecule has 0 saturated heterocycles. The van der Waals surface area contributed by atoms with Gasteiger partial charge in [0.15, 0.2) is 0 Å². The van der Waals surface area contributed by atoms with E-state index in [0.717, 1.165) is 10.5 Å². The van der Waals surface area contributed by atoms with Crippen LogP contribution in [0.3, 0.4) is 0 Å². The molecule has 17 heavy (non-hydrogen) atoms. The number of amides is 1. The van der Waals surface area contributed by atoms with Gasteiger partial charge in [-0.05, 0) is 18.4 Å². The number of hydrogen-bond acceptors (Lipinski definition) is 1. The smallest absolute Gasteiger partial charge is 0.328 e. The van der Waals surface area contributed by atoms with Crippen LogP contribution < -0.4 is 0 Å². The monoisotopic (exact) mass is 243 g/mol. The van der Waals surface area contributed by atoms with Gasteiger partial charge in [-0.2, -0.15) is 13.2 Å². The van der Waals surface area contributed by atoms with Gasteiger partial charge in [0.1, 0.15) is 0 Å². The molecule has 92 valence electrons. The molecule has 1 fully saturated rings. The summed E-state index contributed by atoms with van der Waals surface area (Å²) in [5.41, 5.74) is 0.719. The maximum absolute atomic E-state index is 12.4. The summed E-state index contributed by atoms with van der Waals surface area (Å²) in [6.45, 7) is 0.0316. The lowest BCUT2D eigenvalue weighted by Gasteiger charge is -2.23. The van der Waals surface area contributed by atoms with Gasteiger partial charge in [-0.15, -0.1) is 0 Å². The van der Waals surface area contributed by atoms with Crippen molar-refractivity contribution < 1.29 is 18.0 Å². The van der Waals surface area contributed by atoms with E-state index in [1.54, 1.807) is 30.3 Å². The molecule has 0 aromatic heterocycles. The minimum atomic E-state index is -4.78. The Labute approximate surface area is 97.0 Å². The standard InChI is InChI=1S/C12H12F3NO/c13-12(14,15)11(17)16(10-6-7-10)8-9-4-2-1-3-5-9/h1-5,10H,6-8H2. The van der Waals surface area contributed by atoms with Crippen molar-refractivity contribution in [3.8, 4) is 0 Å². The van der Waals surface area contributed by atoms with Gasteiger partial charge in [-0.1, -0.05) is 30.3 Å². The van der Waals surface area contributed by atoms with Crippen molar-refractivity contribution in [3.63, 3.8) is 0 Å². The average Bonchev–Trinajstić information content (AvgIpc) is 3.09. The van der Waals surface area contributed by atoms with Crippen LogP contribution in [0.15, 0.2) is 30.3 Å². The summed E-state index contributed by atoms with van der Waals surface area (Å²) in [6.07, 6.45) is -3.46.